The van der Waals surface area contributed by atoms with E-state index in [2.05, 4.69) is 25.9 Å². The zero-order valence-corrected chi connectivity index (χ0v) is 11.4. The zero-order chi connectivity index (χ0) is 13.8. The van der Waals surface area contributed by atoms with Gasteiger partial charge in [0.1, 0.15) is 5.82 Å². The number of aromatic nitrogens is 5. The maximum atomic E-state index is 9.92. The first-order valence-electron chi connectivity index (χ1n) is 7.30. The monoisotopic (exact) mass is 276 g/mol. The molecule has 2 unspecified atom stereocenters. The molecule has 20 heavy (non-hydrogen) atoms. The fraction of sp³-hybridized carbons (Fsp3) is 0.692. The number of aliphatic hydroxyl groups excluding tert-OH is 1. The van der Waals surface area contributed by atoms with Gasteiger partial charge in [0.25, 0.3) is 0 Å². The number of fused-ring (bicyclic) bond motifs is 1. The highest BCUT2D eigenvalue weighted by Crippen LogP contribution is 2.27. The van der Waals surface area contributed by atoms with Gasteiger partial charge in [-0.1, -0.05) is 12.8 Å². The van der Waals surface area contributed by atoms with Crippen LogP contribution in [-0.2, 0) is 0 Å². The molecule has 0 aliphatic heterocycles. The van der Waals surface area contributed by atoms with E-state index in [0.29, 0.717) is 11.6 Å². The van der Waals surface area contributed by atoms with Gasteiger partial charge in [-0.15, -0.1) is 14.8 Å². The molecule has 1 saturated carbocycles. The predicted molar refractivity (Wildman–Crippen MR) is 74.3 cm³/mol. The van der Waals surface area contributed by atoms with Crippen LogP contribution in [0.15, 0.2) is 12.1 Å². The molecule has 0 saturated heterocycles. The summed E-state index contributed by atoms with van der Waals surface area (Å²) in [5.74, 6) is 1.24. The Morgan fingerprint density at radius 2 is 2.20 bits per heavy atom. The molecule has 2 aromatic rings. The summed E-state index contributed by atoms with van der Waals surface area (Å²) < 4.78 is 1.41. The minimum atomic E-state index is -0.0977. The summed E-state index contributed by atoms with van der Waals surface area (Å²) >= 11 is 0. The largest absolute Gasteiger partial charge is 0.393 e. The Kier molecular flexibility index (Phi) is 4.05. The fourth-order valence-electron chi connectivity index (χ4n) is 2.85. The van der Waals surface area contributed by atoms with Crippen LogP contribution < -0.4 is 5.32 Å². The van der Waals surface area contributed by atoms with Crippen molar-refractivity contribution in [1.82, 2.24) is 25.3 Å². The fourth-order valence-corrected chi connectivity index (χ4v) is 2.85. The molecule has 1 aliphatic carbocycles. The molecule has 0 bridgehead atoms. The number of rotatable bonds is 5. The molecule has 3 rings (SSSR count). The average Bonchev–Trinajstić information content (AvgIpc) is 2.93. The van der Waals surface area contributed by atoms with Crippen LogP contribution in [0.1, 0.15) is 38.5 Å². The summed E-state index contributed by atoms with van der Waals surface area (Å²) in [5.41, 5.74) is 0.640. The van der Waals surface area contributed by atoms with E-state index in [-0.39, 0.29) is 6.10 Å². The number of anilines is 1. The van der Waals surface area contributed by atoms with Crippen LogP contribution in [0.3, 0.4) is 0 Å². The summed E-state index contributed by atoms with van der Waals surface area (Å²) in [6, 6.07) is 3.71. The molecule has 0 radical (unpaired) electrons. The van der Waals surface area contributed by atoms with Crippen molar-refractivity contribution in [3.63, 3.8) is 0 Å². The van der Waals surface area contributed by atoms with Crippen molar-refractivity contribution in [3.05, 3.63) is 12.1 Å². The Hall–Kier alpha value is -1.76. The Bertz CT molecular complexity index is 557. The van der Waals surface area contributed by atoms with Gasteiger partial charge in [-0.25, -0.2) is 0 Å². The van der Waals surface area contributed by atoms with Crippen molar-refractivity contribution in [2.24, 2.45) is 5.92 Å². The molecule has 0 spiro atoms. The second-order valence-electron chi connectivity index (χ2n) is 5.43. The molecular formula is C13H20N6O. The van der Waals surface area contributed by atoms with Gasteiger partial charge in [-0.3, -0.25) is 0 Å². The molecule has 2 heterocycles. The van der Waals surface area contributed by atoms with Crippen molar-refractivity contribution in [2.45, 2.75) is 44.6 Å². The minimum absolute atomic E-state index is 0.0977. The summed E-state index contributed by atoms with van der Waals surface area (Å²) in [5, 5.41) is 28.6. The summed E-state index contributed by atoms with van der Waals surface area (Å²) in [7, 11) is 0. The minimum Gasteiger partial charge on any atom is -0.393 e. The van der Waals surface area contributed by atoms with Gasteiger partial charge in [0.15, 0.2) is 5.65 Å². The van der Waals surface area contributed by atoms with E-state index in [9.17, 15) is 5.11 Å². The summed E-state index contributed by atoms with van der Waals surface area (Å²) in [6.45, 7) is 0.851. The molecule has 108 valence electrons. The second kappa shape index (κ2) is 6.13. The average molecular weight is 276 g/mol. The highest BCUT2D eigenvalue weighted by Gasteiger charge is 2.22. The van der Waals surface area contributed by atoms with Gasteiger partial charge in [-0.05, 0) is 54.2 Å². The van der Waals surface area contributed by atoms with Gasteiger partial charge in [0.2, 0.25) is 0 Å². The van der Waals surface area contributed by atoms with Crippen LogP contribution in [0.2, 0.25) is 0 Å². The first-order chi connectivity index (χ1) is 9.83. The standard InChI is InChI=1S/C13H20N6O/c20-11-6-2-1-4-10(11)5-3-9-14-12-7-8-13-15-17-18-19(13)16-12/h7-8,10-11,20H,1-6,9H2,(H,14,16). The van der Waals surface area contributed by atoms with Gasteiger partial charge in [0.05, 0.1) is 6.10 Å². The van der Waals surface area contributed by atoms with Gasteiger partial charge >= 0.3 is 0 Å². The summed E-state index contributed by atoms with van der Waals surface area (Å²) in [6.07, 6.45) is 6.57. The number of tetrazole rings is 1. The smallest absolute Gasteiger partial charge is 0.200 e. The van der Waals surface area contributed by atoms with Crippen LogP contribution >= 0.6 is 0 Å². The zero-order valence-electron chi connectivity index (χ0n) is 11.4. The first-order valence-corrected chi connectivity index (χ1v) is 7.30. The number of nitrogens with one attached hydrogen (secondary N) is 1. The van der Waals surface area contributed by atoms with Crippen LogP contribution in [-0.4, -0.2) is 43.0 Å². The quantitative estimate of drug-likeness (QED) is 0.799. The lowest BCUT2D eigenvalue weighted by molar-refractivity contribution is 0.0648. The van der Waals surface area contributed by atoms with Gasteiger partial charge in [0, 0.05) is 6.54 Å². The Labute approximate surface area is 117 Å². The Balaban J connectivity index is 1.45. The van der Waals surface area contributed by atoms with Crippen molar-refractivity contribution >= 4 is 11.5 Å². The molecule has 2 N–H and O–H groups in total. The molecule has 0 aromatic carbocycles. The second-order valence-corrected chi connectivity index (χ2v) is 5.43. The normalized spacial score (nSPS) is 23.1. The maximum absolute atomic E-state index is 9.92. The first kappa shape index (κ1) is 13.2. The Morgan fingerprint density at radius 1 is 1.30 bits per heavy atom. The van der Waals surface area contributed by atoms with Gasteiger partial charge < -0.3 is 10.4 Å². The molecule has 2 aromatic heterocycles. The van der Waals surface area contributed by atoms with Crippen molar-refractivity contribution < 1.29 is 5.11 Å². The number of hydrogen-bond acceptors (Lipinski definition) is 6. The highest BCUT2D eigenvalue weighted by atomic mass is 16.3. The van der Waals surface area contributed by atoms with E-state index in [1.807, 2.05) is 12.1 Å². The van der Waals surface area contributed by atoms with Crippen molar-refractivity contribution in [2.75, 3.05) is 11.9 Å². The molecule has 7 heteroatoms. The topological polar surface area (TPSA) is 88.2 Å². The summed E-state index contributed by atoms with van der Waals surface area (Å²) in [4.78, 5) is 0. The lowest BCUT2D eigenvalue weighted by atomic mass is 9.83. The van der Waals surface area contributed by atoms with Crippen LogP contribution in [0.25, 0.3) is 5.65 Å². The molecule has 2 atom stereocenters. The predicted octanol–water partition coefficient (Wildman–Crippen LogP) is 1.26. The van der Waals surface area contributed by atoms with Crippen molar-refractivity contribution in [3.8, 4) is 0 Å². The van der Waals surface area contributed by atoms with E-state index in [4.69, 9.17) is 0 Å². The van der Waals surface area contributed by atoms with Crippen LogP contribution in [0.4, 0.5) is 5.82 Å². The third kappa shape index (κ3) is 3.04. The molecule has 1 aliphatic rings. The lowest BCUT2D eigenvalue weighted by Gasteiger charge is -2.27. The van der Waals surface area contributed by atoms with Crippen LogP contribution in [0.5, 0.6) is 0 Å². The van der Waals surface area contributed by atoms with E-state index in [0.717, 1.165) is 38.0 Å². The van der Waals surface area contributed by atoms with E-state index in [1.165, 1.54) is 17.5 Å². The van der Waals surface area contributed by atoms with Gasteiger partial charge in [-0.2, -0.15) is 0 Å². The molecular weight excluding hydrogens is 256 g/mol. The third-order valence-electron chi connectivity index (χ3n) is 4.00. The van der Waals surface area contributed by atoms with E-state index in [1.54, 1.807) is 0 Å². The Morgan fingerprint density at radius 3 is 3.10 bits per heavy atom. The maximum Gasteiger partial charge on any atom is 0.200 e. The van der Waals surface area contributed by atoms with Crippen molar-refractivity contribution in [1.29, 1.82) is 0 Å². The number of nitrogens with zero attached hydrogens (tertiary/aromatic N) is 5. The van der Waals surface area contributed by atoms with E-state index < -0.39 is 0 Å². The molecule has 0 amide bonds. The molecule has 7 nitrogen and oxygen atoms in total. The lowest BCUT2D eigenvalue weighted by Crippen LogP contribution is -2.24. The highest BCUT2D eigenvalue weighted by molar-refractivity contribution is 5.41. The number of aliphatic hydroxyl groups is 1. The number of hydrogen-bond donors (Lipinski definition) is 2. The molecule has 1 fully saturated rings. The van der Waals surface area contributed by atoms with E-state index >= 15 is 0 Å². The third-order valence-corrected chi connectivity index (χ3v) is 4.00. The van der Waals surface area contributed by atoms with Crippen LogP contribution in [0, 0.1) is 5.92 Å². The SMILES string of the molecule is OC1CCCCC1CCCNc1ccc2nnnn2n1.